The van der Waals surface area contributed by atoms with Crippen LogP contribution in [0.2, 0.25) is 0 Å². The van der Waals surface area contributed by atoms with Crippen LogP contribution in [0.3, 0.4) is 0 Å². The fraction of sp³-hybridized carbons (Fsp3) is 0.250. The van der Waals surface area contributed by atoms with Crippen molar-refractivity contribution in [1.82, 2.24) is 9.78 Å². The molecule has 0 spiro atoms. The van der Waals surface area contributed by atoms with Crippen LogP contribution in [0, 0.1) is 12.7 Å². The van der Waals surface area contributed by atoms with Gasteiger partial charge in [0.1, 0.15) is 5.69 Å². The van der Waals surface area contributed by atoms with Crippen LogP contribution >= 0.6 is 0 Å². The van der Waals surface area contributed by atoms with Crippen LogP contribution in [0.15, 0.2) is 60.3 Å². The third-order valence-electron chi connectivity index (χ3n) is 6.76. The monoisotopic (exact) mass is 517 g/mol. The summed E-state index contributed by atoms with van der Waals surface area (Å²) in [7, 11) is 0. The van der Waals surface area contributed by atoms with Gasteiger partial charge in [-0.2, -0.15) is 5.10 Å². The van der Waals surface area contributed by atoms with Crippen molar-refractivity contribution >= 4 is 23.2 Å². The van der Waals surface area contributed by atoms with E-state index in [0.29, 0.717) is 30.8 Å². The minimum atomic E-state index is -0.778. The summed E-state index contributed by atoms with van der Waals surface area (Å²) in [5, 5.41) is 14.9. The number of aliphatic hydroxyl groups is 1. The summed E-state index contributed by atoms with van der Waals surface area (Å²) in [5.41, 5.74) is 9.56. The quantitative estimate of drug-likeness (QED) is 0.516. The van der Waals surface area contributed by atoms with E-state index in [-0.39, 0.29) is 28.7 Å². The fourth-order valence-corrected chi connectivity index (χ4v) is 4.87. The molecule has 38 heavy (non-hydrogen) atoms. The smallest absolute Gasteiger partial charge is 0.277 e. The molecule has 1 aromatic heterocycles. The summed E-state index contributed by atoms with van der Waals surface area (Å²) in [6, 6.07) is 9.78. The summed E-state index contributed by atoms with van der Waals surface area (Å²) >= 11 is 0. The second kappa shape index (κ2) is 9.79. The number of rotatable bonds is 6. The van der Waals surface area contributed by atoms with E-state index in [0.717, 1.165) is 16.8 Å². The lowest BCUT2D eigenvalue weighted by Gasteiger charge is -2.32. The zero-order valence-electron chi connectivity index (χ0n) is 21.3. The Labute approximate surface area is 219 Å². The number of nitrogens with zero attached hydrogens (tertiary/aromatic N) is 4. The van der Waals surface area contributed by atoms with Gasteiger partial charge in [-0.25, -0.2) is 9.07 Å². The summed E-state index contributed by atoms with van der Waals surface area (Å²) in [6.07, 6.45) is 5.09. The molecule has 10 heteroatoms. The average Bonchev–Trinajstić information content (AvgIpc) is 3.28. The van der Waals surface area contributed by atoms with E-state index >= 15 is 0 Å². The van der Waals surface area contributed by atoms with Crippen LogP contribution < -0.4 is 20.3 Å². The largest absolute Gasteiger partial charge is 0.491 e. The number of anilines is 2. The highest BCUT2D eigenvalue weighted by molar-refractivity contribution is 6.09. The van der Waals surface area contributed by atoms with Crippen molar-refractivity contribution in [3.05, 3.63) is 88.7 Å². The molecule has 2 aliphatic heterocycles. The van der Waals surface area contributed by atoms with Crippen molar-refractivity contribution in [1.29, 1.82) is 0 Å². The Kier molecular flexibility index (Phi) is 6.50. The van der Waals surface area contributed by atoms with E-state index in [4.69, 9.17) is 10.5 Å². The van der Waals surface area contributed by atoms with Gasteiger partial charge in [0.15, 0.2) is 23.5 Å². The molecule has 5 rings (SSSR count). The number of aryl methyl sites for hydroxylation is 1. The van der Waals surface area contributed by atoms with Crippen LogP contribution in [0.5, 0.6) is 5.75 Å². The Bertz CT molecular complexity index is 1510. The molecule has 1 atom stereocenters. The molecule has 0 saturated carbocycles. The van der Waals surface area contributed by atoms with Gasteiger partial charge >= 0.3 is 0 Å². The predicted molar refractivity (Wildman–Crippen MR) is 141 cm³/mol. The van der Waals surface area contributed by atoms with Gasteiger partial charge in [0.25, 0.3) is 11.8 Å². The molecule has 3 N–H and O–H groups in total. The number of aromatic nitrogens is 2. The number of carbonyl (C=O) groups excluding carboxylic acids is 2. The second-order valence-electron chi connectivity index (χ2n) is 9.21. The van der Waals surface area contributed by atoms with Crippen molar-refractivity contribution in [3.8, 4) is 11.4 Å². The Balaban J connectivity index is 1.52. The maximum Gasteiger partial charge on any atom is 0.277 e. The third-order valence-corrected chi connectivity index (χ3v) is 6.76. The SMILES string of the molecule is CCOc1ccc(-n2nc(C(N)=O)c3c2C(=O)N(c2ccc(N4C=CC=C(C)C4O)c(C)c2)CC3)cc1F. The first kappa shape index (κ1) is 25.2. The minimum Gasteiger partial charge on any atom is -0.491 e. The lowest BCUT2D eigenvalue weighted by atomic mass is 10.0. The maximum absolute atomic E-state index is 14.7. The number of halogens is 1. The Morgan fingerprint density at radius 1 is 1.21 bits per heavy atom. The summed E-state index contributed by atoms with van der Waals surface area (Å²) < 4.78 is 21.2. The number of primary amides is 1. The number of allylic oxidation sites excluding steroid dienone is 2. The van der Waals surface area contributed by atoms with Crippen molar-refractivity contribution in [2.75, 3.05) is 23.0 Å². The molecule has 0 aliphatic carbocycles. The molecule has 0 radical (unpaired) electrons. The zero-order chi connectivity index (χ0) is 27.1. The first-order valence-corrected chi connectivity index (χ1v) is 12.3. The van der Waals surface area contributed by atoms with Gasteiger partial charge in [-0.3, -0.25) is 9.59 Å². The van der Waals surface area contributed by atoms with Crippen LogP contribution in [0.4, 0.5) is 15.8 Å². The van der Waals surface area contributed by atoms with Gasteiger partial charge in [0.05, 0.1) is 12.3 Å². The highest BCUT2D eigenvalue weighted by Crippen LogP contribution is 2.33. The number of carbonyl (C=O) groups is 2. The van der Waals surface area contributed by atoms with Crippen molar-refractivity contribution in [2.24, 2.45) is 5.73 Å². The lowest BCUT2D eigenvalue weighted by molar-refractivity contribution is 0.0972. The lowest BCUT2D eigenvalue weighted by Crippen LogP contribution is -2.39. The molecule has 2 amide bonds. The minimum absolute atomic E-state index is 0.0110. The molecule has 0 saturated heterocycles. The number of aliphatic hydroxyl groups excluding tert-OH is 1. The number of ether oxygens (including phenoxy) is 1. The molecule has 196 valence electrons. The van der Waals surface area contributed by atoms with Crippen LogP contribution in [0.25, 0.3) is 5.69 Å². The Morgan fingerprint density at radius 3 is 2.66 bits per heavy atom. The molecule has 0 bridgehead atoms. The average molecular weight is 518 g/mol. The normalized spacial score (nSPS) is 16.9. The van der Waals surface area contributed by atoms with E-state index in [2.05, 4.69) is 5.10 Å². The highest BCUT2D eigenvalue weighted by atomic mass is 19.1. The number of benzene rings is 2. The van der Waals surface area contributed by atoms with Gasteiger partial charge in [-0.1, -0.05) is 6.08 Å². The first-order chi connectivity index (χ1) is 18.2. The number of hydrogen-bond donors (Lipinski definition) is 2. The van der Waals surface area contributed by atoms with E-state index in [1.807, 2.05) is 44.2 Å². The standard InChI is InChI=1S/C28H28FN5O4/c1-4-38-23-10-8-19(15-21(23)29)34-25-20(24(31-34)26(30)35)11-13-32(28(25)37)18-7-9-22(17(3)14-18)33-12-5-6-16(2)27(33)36/h5-10,12,14-15,27,36H,4,11,13H2,1-3H3,(H2,30,35). The predicted octanol–water partition coefficient (Wildman–Crippen LogP) is 3.62. The van der Waals surface area contributed by atoms with E-state index in [1.165, 1.54) is 16.8 Å². The van der Waals surface area contributed by atoms with Crippen LogP contribution in [0.1, 0.15) is 46.0 Å². The van der Waals surface area contributed by atoms with Gasteiger partial charge in [-0.05, 0) is 74.7 Å². The Morgan fingerprint density at radius 2 is 1.97 bits per heavy atom. The molecule has 2 aliphatic rings. The van der Waals surface area contributed by atoms with Crippen molar-refractivity contribution < 1.29 is 23.8 Å². The number of amides is 2. The molecule has 2 aromatic carbocycles. The summed E-state index contributed by atoms with van der Waals surface area (Å²) in [4.78, 5) is 29.3. The summed E-state index contributed by atoms with van der Waals surface area (Å²) in [6.45, 7) is 6.12. The molecule has 3 heterocycles. The number of fused-ring (bicyclic) bond motifs is 1. The Hall–Kier alpha value is -4.44. The molecule has 1 unspecified atom stereocenters. The fourth-order valence-electron chi connectivity index (χ4n) is 4.87. The van der Waals surface area contributed by atoms with Crippen molar-refractivity contribution in [3.63, 3.8) is 0 Å². The van der Waals surface area contributed by atoms with Gasteiger partial charge < -0.3 is 25.4 Å². The van der Waals surface area contributed by atoms with Crippen LogP contribution in [-0.2, 0) is 6.42 Å². The molecule has 3 aromatic rings. The maximum atomic E-state index is 14.7. The van der Waals surface area contributed by atoms with Gasteiger partial charge in [0.2, 0.25) is 0 Å². The summed E-state index contributed by atoms with van der Waals surface area (Å²) in [5.74, 6) is -1.68. The molecular weight excluding hydrogens is 489 g/mol. The van der Waals surface area contributed by atoms with E-state index in [9.17, 15) is 19.1 Å². The topological polar surface area (TPSA) is 114 Å². The van der Waals surface area contributed by atoms with Gasteiger partial charge in [0, 0.05) is 35.7 Å². The van der Waals surface area contributed by atoms with E-state index in [1.54, 1.807) is 29.0 Å². The third kappa shape index (κ3) is 4.22. The first-order valence-electron chi connectivity index (χ1n) is 12.3. The zero-order valence-corrected chi connectivity index (χ0v) is 21.3. The molecular formula is C28H28FN5O4. The molecule has 0 fully saturated rings. The molecule has 9 nitrogen and oxygen atoms in total. The van der Waals surface area contributed by atoms with Gasteiger partial charge in [-0.15, -0.1) is 0 Å². The van der Waals surface area contributed by atoms with E-state index < -0.39 is 18.0 Å². The highest BCUT2D eigenvalue weighted by Gasteiger charge is 2.35. The number of nitrogens with two attached hydrogens (primary N) is 1. The second-order valence-corrected chi connectivity index (χ2v) is 9.21. The van der Waals surface area contributed by atoms with Crippen LogP contribution in [-0.4, -0.2) is 46.1 Å². The van der Waals surface area contributed by atoms with Crippen molar-refractivity contribution in [2.45, 2.75) is 33.4 Å². The number of hydrogen-bond acceptors (Lipinski definition) is 6.